The molecule has 0 aliphatic rings. The molecule has 5 nitrogen and oxygen atoms in total. The first-order chi connectivity index (χ1) is 15.3. The van der Waals surface area contributed by atoms with Crippen molar-refractivity contribution in [3.8, 4) is 17.6 Å². The summed E-state index contributed by atoms with van der Waals surface area (Å²) in [6.07, 6.45) is 1.28. The zero-order valence-electron chi connectivity index (χ0n) is 17.3. The lowest BCUT2D eigenvalue weighted by Crippen LogP contribution is -2.04. The molecule has 0 atom stereocenters. The summed E-state index contributed by atoms with van der Waals surface area (Å²) in [4.78, 5) is -0.369. The van der Waals surface area contributed by atoms with Crippen LogP contribution >= 0.6 is 23.2 Å². The number of nitrogens with zero attached hydrogens (tertiary/aromatic N) is 1. The predicted octanol–water partition coefficient (Wildman–Crippen LogP) is 6.23. The largest absolute Gasteiger partial charge is 0.493 e. The summed E-state index contributed by atoms with van der Waals surface area (Å²) in [5, 5.41) is 10.4. The van der Waals surface area contributed by atoms with Crippen molar-refractivity contribution >= 4 is 39.1 Å². The number of halogens is 2. The van der Waals surface area contributed by atoms with Gasteiger partial charge in [0.25, 0.3) is 0 Å². The zero-order valence-corrected chi connectivity index (χ0v) is 19.6. The van der Waals surface area contributed by atoms with Gasteiger partial charge in [-0.2, -0.15) is 5.26 Å². The fourth-order valence-corrected chi connectivity index (χ4v) is 4.37. The van der Waals surface area contributed by atoms with E-state index in [9.17, 15) is 13.7 Å². The fraction of sp³-hybridized carbons (Fsp3) is 0.125. The quantitative estimate of drug-likeness (QED) is 0.369. The Bertz CT molecular complexity index is 1310. The molecule has 0 aliphatic heterocycles. The van der Waals surface area contributed by atoms with Crippen molar-refractivity contribution in [1.29, 1.82) is 5.26 Å². The van der Waals surface area contributed by atoms with Gasteiger partial charge in [-0.3, -0.25) is 0 Å². The van der Waals surface area contributed by atoms with Gasteiger partial charge in [0.1, 0.15) is 17.6 Å². The maximum atomic E-state index is 13.0. The van der Waals surface area contributed by atoms with Crippen LogP contribution in [0.2, 0.25) is 10.0 Å². The third-order valence-corrected chi connectivity index (χ3v) is 7.03. The number of sulfone groups is 1. The second kappa shape index (κ2) is 10.1. The van der Waals surface area contributed by atoms with Gasteiger partial charge in [-0.25, -0.2) is 8.42 Å². The maximum Gasteiger partial charge on any atom is 0.216 e. The van der Waals surface area contributed by atoms with Gasteiger partial charge in [-0.15, -0.1) is 0 Å². The predicted molar refractivity (Wildman–Crippen MR) is 126 cm³/mol. The number of hydrogen-bond acceptors (Lipinski definition) is 5. The van der Waals surface area contributed by atoms with Crippen molar-refractivity contribution in [2.24, 2.45) is 0 Å². The molecule has 3 rings (SSSR count). The van der Waals surface area contributed by atoms with Crippen LogP contribution in [-0.2, 0) is 16.4 Å². The first-order valence-electron chi connectivity index (χ1n) is 9.43. The molecule has 3 aromatic carbocycles. The lowest BCUT2D eigenvalue weighted by molar-refractivity contribution is 0.284. The van der Waals surface area contributed by atoms with Crippen molar-refractivity contribution in [3.05, 3.63) is 92.3 Å². The van der Waals surface area contributed by atoms with Gasteiger partial charge >= 0.3 is 0 Å². The van der Waals surface area contributed by atoms with Crippen LogP contribution in [0.1, 0.15) is 16.7 Å². The number of allylic oxidation sites excluding steroid dienone is 1. The van der Waals surface area contributed by atoms with E-state index in [2.05, 4.69) is 0 Å². The van der Waals surface area contributed by atoms with E-state index in [4.69, 9.17) is 32.7 Å². The highest BCUT2D eigenvalue weighted by Gasteiger charge is 2.22. The lowest BCUT2D eigenvalue weighted by atomic mass is 10.1. The van der Waals surface area contributed by atoms with E-state index in [-0.39, 0.29) is 11.5 Å². The van der Waals surface area contributed by atoms with E-state index in [1.54, 1.807) is 54.6 Å². The molecule has 0 aromatic heterocycles. The van der Waals surface area contributed by atoms with Gasteiger partial charge in [0.2, 0.25) is 9.84 Å². The standard InChI is InChI=1S/C24H19Cl2NO4S/c1-16-6-9-19(10-7-16)32(28,29)20(14-27)13-18-4-3-5-23(30-2)24(18)31-15-17-8-11-21(25)22(26)12-17/h3-13H,15H2,1-2H3. The number of hydrogen-bond donors (Lipinski definition) is 0. The molecule has 0 unspecified atom stereocenters. The van der Waals surface area contributed by atoms with Crippen LogP contribution < -0.4 is 9.47 Å². The lowest BCUT2D eigenvalue weighted by Gasteiger charge is -2.14. The van der Waals surface area contributed by atoms with Crippen LogP contribution in [0.4, 0.5) is 0 Å². The molecule has 0 heterocycles. The summed E-state index contributed by atoms with van der Waals surface area (Å²) in [6.45, 7) is 1.98. The molecule has 3 aromatic rings. The van der Waals surface area contributed by atoms with Gasteiger partial charge < -0.3 is 9.47 Å². The Hall–Kier alpha value is -2.98. The summed E-state index contributed by atoms with van der Waals surface area (Å²) in [7, 11) is -2.53. The Morgan fingerprint density at radius 1 is 1.06 bits per heavy atom. The topological polar surface area (TPSA) is 76.4 Å². The molecule has 0 amide bonds. The number of ether oxygens (including phenoxy) is 2. The molecule has 0 spiro atoms. The Morgan fingerprint density at radius 3 is 2.41 bits per heavy atom. The molecule has 0 bridgehead atoms. The van der Waals surface area contributed by atoms with E-state index in [0.29, 0.717) is 27.1 Å². The average molecular weight is 488 g/mol. The first-order valence-corrected chi connectivity index (χ1v) is 11.7. The smallest absolute Gasteiger partial charge is 0.216 e. The van der Waals surface area contributed by atoms with Crippen LogP contribution in [0.25, 0.3) is 6.08 Å². The Morgan fingerprint density at radius 2 is 1.78 bits per heavy atom. The molecule has 0 saturated carbocycles. The Labute approximate surface area is 197 Å². The van der Waals surface area contributed by atoms with E-state index in [1.807, 2.05) is 6.92 Å². The van der Waals surface area contributed by atoms with E-state index >= 15 is 0 Å². The van der Waals surface area contributed by atoms with Crippen LogP contribution in [0.3, 0.4) is 0 Å². The van der Waals surface area contributed by atoms with Gasteiger partial charge in [0.15, 0.2) is 11.5 Å². The molecule has 0 N–H and O–H groups in total. The van der Waals surface area contributed by atoms with E-state index < -0.39 is 14.7 Å². The molecule has 0 radical (unpaired) electrons. The molecular formula is C24H19Cl2NO4S. The first kappa shape index (κ1) is 23.7. The highest BCUT2D eigenvalue weighted by Crippen LogP contribution is 2.35. The Kier molecular flexibility index (Phi) is 7.47. The molecular weight excluding hydrogens is 469 g/mol. The molecule has 8 heteroatoms. The maximum absolute atomic E-state index is 13.0. The summed E-state index contributed by atoms with van der Waals surface area (Å²) in [5.41, 5.74) is 2.06. The van der Waals surface area contributed by atoms with Gasteiger partial charge in [0.05, 0.1) is 22.1 Å². The minimum Gasteiger partial charge on any atom is -0.493 e. The van der Waals surface area contributed by atoms with Crippen LogP contribution in [0.15, 0.2) is 70.5 Å². The molecule has 0 aliphatic carbocycles. The highest BCUT2D eigenvalue weighted by atomic mass is 35.5. The summed E-state index contributed by atoms with van der Waals surface area (Å²) >= 11 is 12.0. The minimum absolute atomic E-state index is 0.0390. The SMILES string of the molecule is COc1cccc(C=C(C#N)S(=O)(=O)c2ccc(C)cc2)c1OCc1ccc(Cl)c(Cl)c1. The third kappa shape index (κ3) is 5.25. The number of methoxy groups -OCH3 is 1. The second-order valence-electron chi connectivity index (χ2n) is 6.85. The summed E-state index contributed by atoms with van der Waals surface area (Å²) in [6, 6.07) is 18.2. The van der Waals surface area contributed by atoms with Crippen molar-refractivity contribution < 1.29 is 17.9 Å². The van der Waals surface area contributed by atoms with Crippen molar-refractivity contribution in [2.75, 3.05) is 7.11 Å². The number of aryl methyl sites for hydroxylation is 1. The Balaban J connectivity index is 2.01. The number of nitriles is 1. The van der Waals surface area contributed by atoms with Crippen LogP contribution in [-0.4, -0.2) is 15.5 Å². The minimum atomic E-state index is -4.01. The second-order valence-corrected chi connectivity index (χ2v) is 9.59. The molecule has 0 saturated heterocycles. The zero-order chi connectivity index (χ0) is 23.3. The average Bonchev–Trinajstić information content (AvgIpc) is 2.78. The normalized spacial score (nSPS) is 11.7. The van der Waals surface area contributed by atoms with Crippen molar-refractivity contribution in [2.45, 2.75) is 18.4 Å². The van der Waals surface area contributed by atoms with Crippen LogP contribution in [0, 0.1) is 18.3 Å². The molecule has 164 valence electrons. The number of benzene rings is 3. The summed E-state index contributed by atoms with van der Waals surface area (Å²) in [5.74, 6) is 0.691. The molecule has 0 fully saturated rings. The monoisotopic (exact) mass is 487 g/mol. The van der Waals surface area contributed by atoms with E-state index in [0.717, 1.165) is 11.1 Å². The van der Waals surface area contributed by atoms with Gasteiger partial charge in [-0.05, 0) is 48.9 Å². The molecule has 32 heavy (non-hydrogen) atoms. The van der Waals surface area contributed by atoms with Gasteiger partial charge in [-0.1, -0.05) is 59.1 Å². The fourth-order valence-electron chi connectivity index (χ4n) is 2.90. The summed E-state index contributed by atoms with van der Waals surface area (Å²) < 4.78 is 37.3. The van der Waals surface area contributed by atoms with Crippen LogP contribution in [0.5, 0.6) is 11.5 Å². The van der Waals surface area contributed by atoms with Gasteiger partial charge in [0, 0.05) is 5.56 Å². The van der Waals surface area contributed by atoms with Crippen molar-refractivity contribution in [3.63, 3.8) is 0 Å². The van der Waals surface area contributed by atoms with E-state index in [1.165, 1.54) is 25.3 Å². The van der Waals surface area contributed by atoms with Crippen molar-refractivity contribution in [1.82, 2.24) is 0 Å². The number of para-hydroxylation sites is 1. The third-order valence-electron chi connectivity index (χ3n) is 4.61. The highest BCUT2D eigenvalue weighted by molar-refractivity contribution is 7.95. The number of rotatable bonds is 7.